The Bertz CT molecular complexity index is 426. The van der Waals surface area contributed by atoms with Crippen LogP contribution in [-0.2, 0) is 9.53 Å². The van der Waals surface area contributed by atoms with E-state index in [2.05, 4.69) is 10.6 Å². The molecule has 7 heteroatoms. The van der Waals surface area contributed by atoms with Gasteiger partial charge in [-0.15, -0.1) is 11.3 Å². The second-order valence-corrected chi connectivity index (χ2v) is 5.23. The Morgan fingerprint density at radius 2 is 2.11 bits per heavy atom. The highest BCUT2D eigenvalue weighted by Crippen LogP contribution is 2.22. The maximum atomic E-state index is 11.7. The lowest BCUT2D eigenvalue weighted by molar-refractivity contribution is -0.121. The summed E-state index contributed by atoms with van der Waals surface area (Å²) >= 11 is 1.34. The van der Waals surface area contributed by atoms with Crippen LogP contribution in [0.1, 0.15) is 21.0 Å². The lowest BCUT2D eigenvalue weighted by atomic mass is 10.3. The lowest BCUT2D eigenvalue weighted by Gasteiger charge is -2.05. The Morgan fingerprint density at radius 1 is 1.37 bits per heavy atom. The average Bonchev–Trinajstić information content (AvgIpc) is 2.70. The van der Waals surface area contributed by atoms with Crippen LogP contribution in [0, 0.1) is 6.92 Å². The molecule has 0 unspecified atom stereocenters. The molecule has 4 N–H and O–H groups in total. The minimum absolute atomic E-state index is 0.112. The largest absolute Gasteiger partial charge is 0.398 e. The summed E-state index contributed by atoms with van der Waals surface area (Å²) in [6, 6.07) is 1.65. The van der Waals surface area contributed by atoms with E-state index in [1.807, 2.05) is 6.92 Å². The number of nitrogens with two attached hydrogens (primary N) is 1. The highest BCUT2D eigenvalue weighted by molar-refractivity contribution is 7.14. The van der Waals surface area contributed by atoms with Crippen molar-refractivity contribution in [2.75, 3.05) is 32.5 Å². The Labute approximate surface area is 116 Å². The van der Waals surface area contributed by atoms with Crippen LogP contribution in [-0.4, -0.2) is 38.6 Å². The topological polar surface area (TPSA) is 93.5 Å². The molecular weight excluding hydrogens is 266 g/mol. The minimum atomic E-state index is -0.200. The Balaban J connectivity index is 2.25. The second kappa shape index (κ2) is 7.75. The van der Waals surface area contributed by atoms with E-state index in [9.17, 15) is 9.59 Å². The van der Waals surface area contributed by atoms with Gasteiger partial charge in [-0.25, -0.2) is 0 Å². The number of carbonyl (C=O) groups is 2. The van der Waals surface area contributed by atoms with Gasteiger partial charge in [0.05, 0.1) is 11.5 Å². The predicted molar refractivity (Wildman–Crippen MR) is 75.3 cm³/mol. The van der Waals surface area contributed by atoms with Crippen molar-refractivity contribution in [3.63, 3.8) is 0 Å². The van der Waals surface area contributed by atoms with Crippen molar-refractivity contribution in [2.45, 2.75) is 13.3 Å². The molecule has 1 rings (SSSR count). The van der Waals surface area contributed by atoms with Crippen molar-refractivity contribution in [1.29, 1.82) is 0 Å². The molecule has 0 fully saturated rings. The molecule has 0 aliphatic rings. The summed E-state index contributed by atoms with van der Waals surface area (Å²) in [5, 5.41) is 5.36. The van der Waals surface area contributed by atoms with E-state index >= 15 is 0 Å². The monoisotopic (exact) mass is 285 g/mol. The number of ether oxygens (including phenoxy) is 1. The summed E-state index contributed by atoms with van der Waals surface area (Å²) in [6.45, 7) is 3.12. The van der Waals surface area contributed by atoms with Crippen LogP contribution in [0.3, 0.4) is 0 Å². The molecule has 0 aromatic carbocycles. The van der Waals surface area contributed by atoms with Gasteiger partial charge in [0.25, 0.3) is 5.91 Å². The van der Waals surface area contributed by atoms with Gasteiger partial charge in [-0.05, 0) is 13.0 Å². The Hall–Kier alpha value is -1.60. The highest BCUT2D eigenvalue weighted by atomic mass is 32.1. The lowest BCUT2D eigenvalue weighted by Crippen LogP contribution is -2.32. The number of aryl methyl sites for hydroxylation is 1. The molecule has 0 bridgehead atoms. The first-order valence-corrected chi connectivity index (χ1v) is 6.76. The zero-order chi connectivity index (χ0) is 14.3. The van der Waals surface area contributed by atoms with E-state index in [-0.39, 0.29) is 18.2 Å². The van der Waals surface area contributed by atoms with Crippen LogP contribution in [0.15, 0.2) is 6.07 Å². The van der Waals surface area contributed by atoms with Crippen molar-refractivity contribution in [1.82, 2.24) is 10.6 Å². The molecule has 0 aliphatic heterocycles. The third-order valence-electron chi connectivity index (χ3n) is 2.45. The molecule has 0 saturated carbocycles. The molecule has 0 spiro atoms. The fourth-order valence-electron chi connectivity index (χ4n) is 1.37. The predicted octanol–water partition coefficient (Wildman–Crippen LogP) is 0.521. The summed E-state index contributed by atoms with van der Waals surface area (Å²) in [5.74, 6) is -0.311. The number of thiophene rings is 1. The molecule has 1 aromatic heterocycles. The van der Waals surface area contributed by atoms with E-state index in [1.165, 1.54) is 11.3 Å². The van der Waals surface area contributed by atoms with Gasteiger partial charge in [0, 0.05) is 37.2 Å². The van der Waals surface area contributed by atoms with Crippen molar-refractivity contribution in [2.24, 2.45) is 0 Å². The standard InChI is InChI=1S/C12H19N3O3S/c1-8-9(13)7-10(19-8)12(17)15-4-3-11(16)14-5-6-18-2/h7H,3-6,13H2,1-2H3,(H,14,16)(H,15,17). The van der Waals surface area contributed by atoms with Crippen molar-refractivity contribution in [3.8, 4) is 0 Å². The van der Waals surface area contributed by atoms with Gasteiger partial charge in [0.1, 0.15) is 0 Å². The summed E-state index contributed by atoms with van der Waals surface area (Å²) in [6.07, 6.45) is 0.245. The molecule has 1 heterocycles. The molecule has 6 nitrogen and oxygen atoms in total. The number of nitrogen functional groups attached to an aromatic ring is 1. The van der Waals surface area contributed by atoms with Gasteiger partial charge in [0.15, 0.2) is 0 Å². The Morgan fingerprint density at radius 3 is 2.68 bits per heavy atom. The SMILES string of the molecule is COCCNC(=O)CCNC(=O)c1cc(N)c(C)s1. The van der Waals surface area contributed by atoms with E-state index in [4.69, 9.17) is 10.5 Å². The van der Waals surface area contributed by atoms with Gasteiger partial charge in [-0.3, -0.25) is 9.59 Å². The van der Waals surface area contributed by atoms with Crippen LogP contribution in [0.5, 0.6) is 0 Å². The van der Waals surface area contributed by atoms with Crippen LogP contribution in [0.4, 0.5) is 5.69 Å². The summed E-state index contributed by atoms with van der Waals surface area (Å²) < 4.78 is 4.81. The molecule has 106 valence electrons. The molecule has 1 aromatic rings. The molecule has 0 aliphatic carbocycles. The molecule has 2 amide bonds. The molecule has 19 heavy (non-hydrogen) atoms. The number of anilines is 1. The maximum Gasteiger partial charge on any atom is 0.261 e. The normalized spacial score (nSPS) is 10.2. The zero-order valence-corrected chi connectivity index (χ0v) is 11.9. The second-order valence-electron chi connectivity index (χ2n) is 3.97. The Kier molecular flexibility index (Phi) is 6.31. The van der Waals surface area contributed by atoms with E-state index in [0.717, 1.165) is 4.88 Å². The summed E-state index contributed by atoms with van der Waals surface area (Å²) in [5.41, 5.74) is 6.30. The molecular formula is C12H19N3O3S. The highest BCUT2D eigenvalue weighted by Gasteiger charge is 2.10. The maximum absolute atomic E-state index is 11.7. The van der Waals surface area contributed by atoms with Crippen LogP contribution < -0.4 is 16.4 Å². The molecule has 0 atom stereocenters. The fraction of sp³-hybridized carbons (Fsp3) is 0.500. The first-order chi connectivity index (χ1) is 9.04. The van der Waals surface area contributed by atoms with Gasteiger partial charge in [-0.2, -0.15) is 0 Å². The minimum Gasteiger partial charge on any atom is -0.398 e. The first-order valence-electron chi connectivity index (χ1n) is 5.94. The van der Waals surface area contributed by atoms with Crippen molar-refractivity contribution >= 4 is 28.8 Å². The quantitative estimate of drug-likeness (QED) is 0.637. The first kappa shape index (κ1) is 15.5. The summed E-state index contributed by atoms with van der Waals surface area (Å²) in [4.78, 5) is 24.6. The van der Waals surface area contributed by atoms with Crippen LogP contribution >= 0.6 is 11.3 Å². The average molecular weight is 285 g/mol. The third kappa shape index (κ3) is 5.27. The number of methoxy groups -OCH3 is 1. The van der Waals surface area contributed by atoms with Gasteiger partial charge < -0.3 is 21.1 Å². The third-order valence-corrected chi connectivity index (χ3v) is 3.51. The molecule has 0 saturated heterocycles. The van der Waals surface area contributed by atoms with Crippen molar-refractivity contribution in [3.05, 3.63) is 15.8 Å². The number of amides is 2. The van der Waals surface area contributed by atoms with Crippen molar-refractivity contribution < 1.29 is 14.3 Å². The fourth-order valence-corrected chi connectivity index (χ4v) is 2.22. The van der Waals surface area contributed by atoms with E-state index in [0.29, 0.717) is 30.3 Å². The number of hydrogen-bond acceptors (Lipinski definition) is 5. The summed E-state index contributed by atoms with van der Waals surface area (Å²) in [7, 11) is 1.57. The zero-order valence-electron chi connectivity index (χ0n) is 11.1. The van der Waals surface area contributed by atoms with E-state index < -0.39 is 0 Å². The van der Waals surface area contributed by atoms with Gasteiger partial charge >= 0.3 is 0 Å². The number of rotatable bonds is 7. The number of hydrogen-bond donors (Lipinski definition) is 3. The molecule has 0 radical (unpaired) electrons. The number of nitrogens with one attached hydrogen (secondary N) is 2. The number of carbonyl (C=O) groups excluding carboxylic acids is 2. The smallest absolute Gasteiger partial charge is 0.261 e. The van der Waals surface area contributed by atoms with Crippen LogP contribution in [0.2, 0.25) is 0 Å². The van der Waals surface area contributed by atoms with Crippen LogP contribution in [0.25, 0.3) is 0 Å². The van der Waals surface area contributed by atoms with E-state index in [1.54, 1.807) is 13.2 Å². The van der Waals surface area contributed by atoms with Gasteiger partial charge in [0.2, 0.25) is 5.91 Å². The van der Waals surface area contributed by atoms with Gasteiger partial charge in [-0.1, -0.05) is 0 Å².